The SMILES string of the molecule is NCCCCNC(=O)CC1CS(=O)(=O)CCN1. The Labute approximate surface area is 102 Å². The molecule has 1 saturated heterocycles. The number of unbranched alkanes of at least 4 members (excludes halogenated alkanes) is 1. The molecule has 7 heteroatoms. The molecule has 1 heterocycles. The second-order valence-corrected chi connectivity index (χ2v) is 6.54. The maximum absolute atomic E-state index is 11.5. The molecule has 0 aromatic rings. The summed E-state index contributed by atoms with van der Waals surface area (Å²) in [6, 6.07) is -0.247. The van der Waals surface area contributed by atoms with E-state index in [4.69, 9.17) is 5.73 Å². The van der Waals surface area contributed by atoms with Gasteiger partial charge in [-0.3, -0.25) is 4.79 Å². The molecular formula is C10H21N3O3S. The Morgan fingerprint density at radius 1 is 1.41 bits per heavy atom. The third kappa shape index (κ3) is 5.99. The molecule has 1 aliphatic heterocycles. The van der Waals surface area contributed by atoms with Crippen LogP contribution in [0.2, 0.25) is 0 Å². The molecule has 0 saturated carbocycles. The first kappa shape index (κ1) is 14.4. The quantitative estimate of drug-likeness (QED) is 0.513. The molecule has 1 fully saturated rings. The van der Waals surface area contributed by atoms with Crippen LogP contribution in [-0.4, -0.2) is 51.5 Å². The molecule has 1 unspecified atom stereocenters. The molecule has 1 aliphatic rings. The molecule has 100 valence electrons. The second-order valence-electron chi connectivity index (χ2n) is 4.32. The minimum Gasteiger partial charge on any atom is -0.356 e. The maximum Gasteiger partial charge on any atom is 0.221 e. The van der Waals surface area contributed by atoms with E-state index in [-0.39, 0.29) is 29.9 Å². The van der Waals surface area contributed by atoms with Crippen LogP contribution in [0.15, 0.2) is 0 Å². The molecule has 6 nitrogen and oxygen atoms in total. The van der Waals surface area contributed by atoms with Crippen molar-refractivity contribution in [1.82, 2.24) is 10.6 Å². The molecule has 0 aliphatic carbocycles. The van der Waals surface area contributed by atoms with Crippen LogP contribution >= 0.6 is 0 Å². The summed E-state index contributed by atoms with van der Waals surface area (Å²) in [5.74, 6) is 0.127. The fourth-order valence-corrected chi connectivity index (χ4v) is 3.24. The molecule has 0 aromatic carbocycles. The number of hydrogen-bond acceptors (Lipinski definition) is 5. The van der Waals surface area contributed by atoms with Crippen LogP contribution in [0.4, 0.5) is 0 Å². The number of carbonyl (C=O) groups excluding carboxylic acids is 1. The van der Waals surface area contributed by atoms with Gasteiger partial charge in [-0.1, -0.05) is 0 Å². The van der Waals surface area contributed by atoms with Crippen molar-refractivity contribution in [3.05, 3.63) is 0 Å². The minimum atomic E-state index is -2.97. The molecule has 1 amide bonds. The summed E-state index contributed by atoms with van der Waals surface area (Å²) in [6.45, 7) is 1.67. The van der Waals surface area contributed by atoms with Crippen molar-refractivity contribution >= 4 is 15.7 Å². The first-order valence-corrected chi connectivity index (χ1v) is 7.76. The van der Waals surface area contributed by atoms with Crippen molar-refractivity contribution in [1.29, 1.82) is 0 Å². The summed E-state index contributed by atoms with van der Waals surface area (Å²) < 4.78 is 22.7. The lowest BCUT2D eigenvalue weighted by molar-refractivity contribution is -0.121. The zero-order valence-electron chi connectivity index (χ0n) is 9.94. The lowest BCUT2D eigenvalue weighted by Crippen LogP contribution is -2.47. The van der Waals surface area contributed by atoms with Gasteiger partial charge in [0.1, 0.15) is 0 Å². The van der Waals surface area contributed by atoms with E-state index >= 15 is 0 Å². The van der Waals surface area contributed by atoms with E-state index in [1.54, 1.807) is 0 Å². The van der Waals surface area contributed by atoms with E-state index in [0.29, 0.717) is 19.6 Å². The van der Waals surface area contributed by atoms with E-state index < -0.39 is 9.84 Å². The van der Waals surface area contributed by atoms with Crippen molar-refractivity contribution < 1.29 is 13.2 Å². The predicted molar refractivity (Wildman–Crippen MR) is 66.4 cm³/mol. The van der Waals surface area contributed by atoms with Crippen molar-refractivity contribution in [3.8, 4) is 0 Å². The number of carbonyl (C=O) groups is 1. The van der Waals surface area contributed by atoms with Gasteiger partial charge in [0.15, 0.2) is 9.84 Å². The highest BCUT2D eigenvalue weighted by Crippen LogP contribution is 2.04. The Morgan fingerprint density at radius 2 is 2.18 bits per heavy atom. The summed E-state index contributed by atoms with van der Waals surface area (Å²) in [4.78, 5) is 11.5. The average Bonchev–Trinajstić information content (AvgIpc) is 2.23. The van der Waals surface area contributed by atoms with Gasteiger partial charge >= 0.3 is 0 Å². The van der Waals surface area contributed by atoms with Gasteiger partial charge in [-0.2, -0.15) is 0 Å². The number of nitrogens with one attached hydrogen (secondary N) is 2. The molecule has 1 rings (SSSR count). The van der Waals surface area contributed by atoms with Gasteiger partial charge in [0.25, 0.3) is 0 Å². The van der Waals surface area contributed by atoms with E-state index in [9.17, 15) is 13.2 Å². The maximum atomic E-state index is 11.5. The molecule has 17 heavy (non-hydrogen) atoms. The molecule has 1 atom stereocenters. The Hall–Kier alpha value is -0.660. The molecule has 0 aromatic heterocycles. The summed E-state index contributed by atoms with van der Waals surface area (Å²) in [6.07, 6.45) is 1.97. The Bertz CT molecular complexity index is 343. The van der Waals surface area contributed by atoms with Crippen molar-refractivity contribution in [2.24, 2.45) is 5.73 Å². The van der Waals surface area contributed by atoms with Gasteiger partial charge in [0, 0.05) is 25.6 Å². The summed E-state index contributed by atoms with van der Waals surface area (Å²) in [5, 5.41) is 5.81. The third-order valence-electron chi connectivity index (χ3n) is 2.69. The molecule has 0 radical (unpaired) electrons. The topological polar surface area (TPSA) is 101 Å². The lowest BCUT2D eigenvalue weighted by atomic mass is 10.2. The van der Waals surface area contributed by atoms with Crippen LogP contribution in [0.5, 0.6) is 0 Å². The highest BCUT2D eigenvalue weighted by molar-refractivity contribution is 7.91. The third-order valence-corrected chi connectivity index (χ3v) is 4.42. The van der Waals surface area contributed by atoms with E-state index in [0.717, 1.165) is 12.8 Å². The summed E-state index contributed by atoms with van der Waals surface area (Å²) in [5.41, 5.74) is 5.34. The van der Waals surface area contributed by atoms with Crippen molar-refractivity contribution in [2.75, 3.05) is 31.1 Å². The first-order valence-electron chi connectivity index (χ1n) is 5.94. The second kappa shape index (κ2) is 6.93. The van der Waals surface area contributed by atoms with Crippen LogP contribution in [0, 0.1) is 0 Å². The minimum absolute atomic E-state index is 0.0587. The van der Waals surface area contributed by atoms with Crippen LogP contribution in [0.25, 0.3) is 0 Å². The zero-order chi connectivity index (χ0) is 12.7. The Morgan fingerprint density at radius 3 is 2.82 bits per heavy atom. The van der Waals surface area contributed by atoms with Gasteiger partial charge in [0.05, 0.1) is 11.5 Å². The Balaban J connectivity index is 2.22. The average molecular weight is 263 g/mol. The number of amides is 1. The smallest absolute Gasteiger partial charge is 0.221 e. The molecular weight excluding hydrogens is 242 g/mol. The summed E-state index contributed by atoms with van der Waals surface area (Å²) in [7, 11) is -2.97. The largest absolute Gasteiger partial charge is 0.356 e. The van der Waals surface area contributed by atoms with Crippen LogP contribution < -0.4 is 16.4 Å². The fourth-order valence-electron chi connectivity index (χ4n) is 1.79. The predicted octanol–water partition coefficient (Wildman–Crippen LogP) is -1.38. The highest BCUT2D eigenvalue weighted by atomic mass is 32.2. The van der Waals surface area contributed by atoms with E-state index in [2.05, 4.69) is 10.6 Å². The molecule has 0 spiro atoms. The zero-order valence-corrected chi connectivity index (χ0v) is 10.8. The molecule has 4 N–H and O–H groups in total. The monoisotopic (exact) mass is 263 g/mol. The van der Waals surface area contributed by atoms with Crippen molar-refractivity contribution in [2.45, 2.75) is 25.3 Å². The van der Waals surface area contributed by atoms with Crippen molar-refractivity contribution in [3.63, 3.8) is 0 Å². The fraction of sp³-hybridized carbons (Fsp3) is 0.900. The van der Waals surface area contributed by atoms with E-state index in [1.807, 2.05) is 0 Å². The summed E-state index contributed by atoms with van der Waals surface area (Å²) >= 11 is 0. The van der Waals surface area contributed by atoms with Gasteiger partial charge < -0.3 is 16.4 Å². The number of nitrogens with two attached hydrogens (primary N) is 1. The van der Waals surface area contributed by atoms with Crippen LogP contribution in [-0.2, 0) is 14.6 Å². The van der Waals surface area contributed by atoms with Crippen LogP contribution in [0.1, 0.15) is 19.3 Å². The van der Waals surface area contributed by atoms with Crippen LogP contribution in [0.3, 0.4) is 0 Å². The molecule has 0 bridgehead atoms. The number of sulfone groups is 1. The van der Waals surface area contributed by atoms with Gasteiger partial charge in [-0.25, -0.2) is 8.42 Å². The van der Waals surface area contributed by atoms with Gasteiger partial charge in [-0.15, -0.1) is 0 Å². The standard InChI is InChI=1S/C10H21N3O3S/c11-3-1-2-4-13-10(14)7-9-8-17(15,16)6-5-12-9/h9,12H,1-8,11H2,(H,13,14). The normalized spacial score (nSPS) is 23.2. The highest BCUT2D eigenvalue weighted by Gasteiger charge is 2.25. The number of rotatable bonds is 6. The first-order chi connectivity index (χ1) is 8.03. The van der Waals surface area contributed by atoms with Gasteiger partial charge in [-0.05, 0) is 19.4 Å². The lowest BCUT2D eigenvalue weighted by Gasteiger charge is -2.23. The Kier molecular flexibility index (Phi) is 5.87. The number of hydrogen-bond donors (Lipinski definition) is 3. The van der Waals surface area contributed by atoms with E-state index in [1.165, 1.54) is 0 Å². The van der Waals surface area contributed by atoms with Gasteiger partial charge in [0.2, 0.25) is 5.91 Å².